The van der Waals surface area contributed by atoms with Crippen LogP contribution in [0.25, 0.3) is 0 Å². The molecule has 1 aliphatic rings. The average Bonchev–Trinajstić information content (AvgIpc) is 3.37. The number of hydrogen-bond donors (Lipinski definition) is 2. The number of nitrogens with one attached hydrogen (secondary N) is 2. The lowest BCUT2D eigenvalue weighted by Gasteiger charge is -2.12. The Labute approximate surface area is 147 Å². The Balaban J connectivity index is 1.48. The van der Waals surface area contributed by atoms with Crippen LogP contribution in [0.5, 0.6) is 5.75 Å². The van der Waals surface area contributed by atoms with E-state index in [4.69, 9.17) is 9.47 Å². The van der Waals surface area contributed by atoms with Crippen LogP contribution in [0.4, 0.5) is 0 Å². The summed E-state index contributed by atoms with van der Waals surface area (Å²) in [6.07, 6.45) is 3.68. The molecule has 1 fully saturated rings. The highest BCUT2D eigenvalue weighted by atomic mass is 79.9. The zero-order valence-electron chi connectivity index (χ0n) is 13.7. The molecule has 0 atom stereocenters. The molecule has 0 heterocycles. The lowest BCUT2D eigenvalue weighted by Crippen LogP contribution is -2.39. The summed E-state index contributed by atoms with van der Waals surface area (Å²) in [7, 11) is 1.77. The third-order valence-corrected chi connectivity index (χ3v) is 3.98. The quantitative estimate of drug-likeness (QED) is 0.370. The first-order valence-electron chi connectivity index (χ1n) is 8.18. The molecule has 1 aromatic carbocycles. The van der Waals surface area contributed by atoms with Crippen LogP contribution in [0, 0.1) is 5.92 Å². The van der Waals surface area contributed by atoms with Crippen LogP contribution in [0.1, 0.15) is 19.3 Å². The van der Waals surface area contributed by atoms with E-state index in [1.54, 1.807) is 7.05 Å². The van der Waals surface area contributed by atoms with Crippen LogP contribution in [-0.4, -0.2) is 45.9 Å². The van der Waals surface area contributed by atoms with Crippen molar-refractivity contribution in [2.45, 2.75) is 19.3 Å². The van der Waals surface area contributed by atoms with Gasteiger partial charge in [-0.2, -0.15) is 0 Å². The fourth-order valence-corrected chi connectivity index (χ4v) is 2.41. The van der Waals surface area contributed by atoms with Gasteiger partial charge < -0.3 is 20.1 Å². The second kappa shape index (κ2) is 10.5. The summed E-state index contributed by atoms with van der Waals surface area (Å²) in [5.74, 6) is 2.49. The van der Waals surface area contributed by atoms with Gasteiger partial charge >= 0.3 is 0 Å². The van der Waals surface area contributed by atoms with Crippen molar-refractivity contribution < 1.29 is 9.47 Å². The Hall–Kier alpha value is -1.27. The van der Waals surface area contributed by atoms with E-state index in [-0.39, 0.29) is 0 Å². The van der Waals surface area contributed by atoms with Crippen molar-refractivity contribution in [1.82, 2.24) is 10.6 Å². The van der Waals surface area contributed by atoms with Gasteiger partial charge in [-0.25, -0.2) is 0 Å². The molecule has 1 aliphatic carbocycles. The molecule has 128 valence electrons. The summed E-state index contributed by atoms with van der Waals surface area (Å²) in [6.45, 7) is 3.88. The van der Waals surface area contributed by atoms with E-state index in [1.807, 2.05) is 24.3 Å². The predicted molar refractivity (Wildman–Crippen MR) is 97.2 cm³/mol. The van der Waals surface area contributed by atoms with Crippen molar-refractivity contribution in [3.05, 3.63) is 28.7 Å². The largest absolute Gasteiger partial charge is 0.492 e. The second-order valence-electron chi connectivity index (χ2n) is 5.60. The second-order valence-corrected chi connectivity index (χ2v) is 6.52. The minimum atomic E-state index is 0.585. The molecule has 2 rings (SSSR count). The van der Waals surface area contributed by atoms with Crippen LogP contribution in [0.15, 0.2) is 33.7 Å². The third-order valence-electron chi connectivity index (χ3n) is 3.49. The van der Waals surface area contributed by atoms with Crippen molar-refractivity contribution in [2.24, 2.45) is 10.9 Å². The van der Waals surface area contributed by atoms with Gasteiger partial charge in [-0.15, -0.1) is 0 Å². The van der Waals surface area contributed by atoms with E-state index in [9.17, 15) is 0 Å². The van der Waals surface area contributed by atoms with Crippen LogP contribution >= 0.6 is 15.9 Å². The molecule has 0 spiro atoms. The molecule has 0 unspecified atom stereocenters. The maximum atomic E-state index is 5.67. The molecule has 0 aromatic heterocycles. The molecule has 1 aromatic rings. The van der Waals surface area contributed by atoms with Gasteiger partial charge in [-0.1, -0.05) is 22.0 Å². The molecular formula is C17H26BrN3O2. The lowest BCUT2D eigenvalue weighted by molar-refractivity contribution is 0.123. The van der Waals surface area contributed by atoms with Gasteiger partial charge in [0.15, 0.2) is 5.96 Å². The molecule has 5 nitrogen and oxygen atoms in total. The number of ether oxygens (including phenoxy) is 2. The molecule has 0 radical (unpaired) electrons. The average molecular weight is 384 g/mol. The summed E-state index contributed by atoms with van der Waals surface area (Å²) in [5, 5.41) is 6.51. The van der Waals surface area contributed by atoms with Crippen LogP contribution < -0.4 is 15.4 Å². The van der Waals surface area contributed by atoms with Gasteiger partial charge in [0.1, 0.15) is 12.4 Å². The van der Waals surface area contributed by atoms with E-state index in [2.05, 4.69) is 31.6 Å². The van der Waals surface area contributed by atoms with Crippen molar-refractivity contribution in [2.75, 3.05) is 40.0 Å². The van der Waals surface area contributed by atoms with Crippen LogP contribution in [0.2, 0.25) is 0 Å². The number of hydrogen-bond acceptors (Lipinski definition) is 3. The van der Waals surface area contributed by atoms with Crippen molar-refractivity contribution in [1.29, 1.82) is 0 Å². The SMILES string of the molecule is CN=C(NCCCOCC1CC1)NCCOc1cccc(Br)c1. The first-order valence-corrected chi connectivity index (χ1v) is 8.98. The number of halogens is 1. The number of benzene rings is 1. The zero-order valence-corrected chi connectivity index (χ0v) is 15.3. The summed E-state index contributed by atoms with van der Waals surface area (Å²) in [6, 6.07) is 7.83. The molecule has 1 saturated carbocycles. The fourth-order valence-electron chi connectivity index (χ4n) is 2.03. The number of rotatable bonds is 10. The lowest BCUT2D eigenvalue weighted by atomic mass is 10.3. The van der Waals surface area contributed by atoms with Crippen molar-refractivity contribution >= 4 is 21.9 Å². The molecule has 0 aliphatic heterocycles. The van der Waals surface area contributed by atoms with Gasteiger partial charge in [0, 0.05) is 31.3 Å². The Morgan fingerprint density at radius 1 is 1.26 bits per heavy atom. The Morgan fingerprint density at radius 2 is 2.09 bits per heavy atom. The Morgan fingerprint density at radius 3 is 2.83 bits per heavy atom. The van der Waals surface area contributed by atoms with E-state index < -0.39 is 0 Å². The first-order chi connectivity index (χ1) is 11.3. The highest BCUT2D eigenvalue weighted by Gasteiger charge is 2.20. The summed E-state index contributed by atoms with van der Waals surface area (Å²) in [5.41, 5.74) is 0. The zero-order chi connectivity index (χ0) is 16.3. The maximum absolute atomic E-state index is 5.67. The van der Waals surface area contributed by atoms with Gasteiger partial charge in [0.25, 0.3) is 0 Å². The van der Waals surface area contributed by atoms with E-state index in [0.29, 0.717) is 13.2 Å². The van der Waals surface area contributed by atoms with E-state index in [0.717, 1.165) is 48.3 Å². The summed E-state index contributed by atoms with van der Waals surface area (Å²) >= 11 is 3.43. The summed E-state index contributed by atoms with van der Waals surface area (Å²) in [4.78, 5) is 4.19. The highest BCUT2D eigenvalue weighted by Crippen LogP contribution is 2.28. The first kappa shape index (κ1) is 18.1. The molecule has 0 bridgehead atoms. The van der Waals surface area contributed by atoms with Gasteiger partial charge in [0.05, 0.1) is 6.54 Å². The standard InChI is InChI=1S/C17H26BrN3O2/c1-19-17(20-8-3-10-22-13-14-6-7-14)21-9-11-23-16-5-2-4-15(18)12-16/h2,4-5,12,14H,3,6-11,13H2,1H3,(H2,19,20,21). The smallest absolute Gasteiger partial charge is 0.191 e. The van der Waals surface area contributed by atoms with Crippen LogP contribution in [0.3, 0.4) is 0 Å². The molecule has 6 heteroatoms. The van der Waals surface area contributed by atoms with Gasteiger partial charge in [-0.3, -0.25) is 4.99 Å². The Bertz CT molecular complexity index is 492. The highest BCUT2D eigenvalue weighted by molar-refractivity contribution is 9.10. The molecule has 0 amide bonds. The van der Waals surface area contributed by atoms with E-state index in [1.165, 1.54) is 12.8 Å². The topological polar surface area (TPSA) is 54.9 Å². The third kappa shape index (κ3) is 8.23. The van der Waals surface area contributed by atoms with Crippen molar-refractivity contribution in [3.8, 4) is 5.75 Å². The fraction of sp³-hybridized carbons (Fsp3) is 0.588. The van der Waals surface area contributed by atoms with Gasteiger partial charge in [0.2, 0.25) is 0 Å². The molecule has 23 heavy (non-hydrogen) atoms. The molecule has 0 saturated heterocycles. The van der Waals surface area contributed by atoms with Gasteiger partial charge in [-0.05, 0) is 43.4 Å². The predicted octanol–water partition coefficient (Wildman–Crippen LogP) is 2.81. The number of guanidine groups is 1. The maximum Gasteiger partial charge on any atom is 0.191 e. The monoisotopic (exact) mass is 383 g/mol. The van der Waals surface area contributed by atoms with Crippen LogP contribution in [-0.2, 0) is 4.74 Å². The summed E-state index contributed by atoms with van der Waals surface area (Å²) < 4.78 is 12.3. The van der Waals surface area contributed by atoms with E-state index >= 15 is 0 Å². The van der Waals surface area contributed by atoms with Crippen molar-refractivity contribution in [3.63, 3.8) is 0 Å². The minimum Gasteiger partial charge on any atom is -0.492 e. The molecular weight excluding hydrogens is 358 g/mol. The Kier molecular flexibility index (Phi) is 8.25. The minimum absolute atomic E-state index is 0.585. The number of nitrogens with zero attached hydrogens (tertiary/aromatic N) is 1. The number of aliphatic imine (C=N–C) groups is 1. The normalized spacial score (nSPS) is 14.6. The molecule has 2 N–H and O–H groups in total.